The molecule has 1 aliphatic rings. The smallest absolute Gasteiger partial charge is 0.229 e. The van der Waals surface area contributed by atoms with Crippen molar-refractivity contribution in [2.75, 3.05) is 5.73 Å². The lowest BCUT2D eigenvalue weighted by Crippen LogP contribution is -2.00. The molecule has 0 spiro atoms. The zero-order valence-corrected chi connectivity index (χ0v) is 11.1. The maximum absolute atomic E-state index is 5.87. The number of benzene rings is 1. The van der Waals surface area contributed by atoms with Crippen molar-refractivity contribution in [3.63, 3.8) is 0 Å². The molecule has 19 heavy (non-hydrogen) atoms. The highest BCUT2D eigenvalue weighted by Gasteiger charge is 2.19. The van der Waals surface area contributed by atoms with Crippen LogP contribution in [0.5, 0.6) is 0 Å². The Morgan fingerprint density at radius 3 is 2.42 bits per heavy atom. The van der Waals surface area contributed by atoms with Gasteiger partial charge in [0.15, 0.2) is 0 Å². The minimum atomic E-state index is 0.418. The molecule has 1 fully saturated rings. The first-order valence-corrected chi connectivity index (χ1v) is 7.15. The fourth-order valence-electron chi connectivity index (χ4n) is 3.14. The lowest BCUT2D eigenvalue weighted by Gasteiger charge is -2.18. The van der Waals surface area contributed by atoms with Crippen LogP contribution in [0.1, 0.15) is 50.0 Å². The summed E-state index contributed by atoms with van der Waals surface area (Å²) in [6, 6.07) is 8.54. The summed E-state index contributed by atoms with van der Waals surface area (Å²) in [6.45, 7) is 0. The van der Waals surface area contributed by atoms with Gasteiger partial charge in [-0.3, -0.25) is 0 Å². The number of hydrogen-bond acceptors (Lipinski definition) is 3. The normalized spacial score (nSPS) is 17.3. The van der Waals surface area contributed by atoms with Crippen molar-refractivity contribution in [1.29, 1.82) is 0 Å². The minimum absolute atomic E-state index is 0.418. The van der Waals surface area contributed by atoms with E-state index in [4.69, 9.17) is 10.3 Å². The molecule has 3 rings (SSSR count). The van der Waals surface area contributed by atoms with E-state index in [0.29, 0.717) is 11.8 Å². The second kappa shape index (κ2) is 5.47. The summed E-state index contributed by atoms with van der Waals surface area (Å²) in [5.41, 5.74) is 9.39. The van der Waals surface area contributed by atoms with Gasteiger partial charge in [0, 0.05) is 0 Å². The Kier molecular flexibility index (Phi) is 3.53. The molecule has 3 nitrogen and oxygen atoms in total. The van der Waals surface area contributed by atoms with Gasteiger partial charge in [-0.2, -0.15) is 0 Å². The lowest BCUT2D eigenvalue weighted by atomic mass is 9.86. The van der Waals surface area contributed by atoms with Crippen LogP contribution >= 0.6 is 0 Å². The molecule has 0 bridgehead atoms. The number of aromatic nitrogens is 1. The van der Waals surface area contributed by atoms with Gasteiger partial charge in [0.05, 0.1) is 11.8 Å². The van der Waals surface area contributed by atoms with Gasteiger partial charge in [0.2, 0.25) is 5.88 Å². The number of anilines is 1. The van der Waals surface area contributed by atoms with Gasteiger partial charge in [-0.15, -0.1) is 0 Å². The Morgan fingerprint density at radius 2 is 1.74 bits per heavy atom. The van der Waals surface area contributed by atoms with Gasteiger partial charge in [-0.25, -0.2) is 0 Å². The van der Waals surface area contributed by atoms with Crippen molar-refractivity contribution in [3.05, 3.63) is 36.0 Å². The molecule has 1 aliphatic carbocycles. The Bertz CT molecular complexity index is 539. The first-order valence-electron chi connectivity index (χ1n) is 7.15. The third-order valence-electron chi connectivity index (χ3n) is 4.14. The zero-order chi connectivity index (χ0) is 13.1. The van der Waals surface area contributed by atoms with Crippen molar-refractivity contribution in [2.45, 2.75) is 44.4 Å². The van der Waals surface area contributed by atoms with Crippen molar-refractivity contribution in [1.82, 2.24) is 5.16 Å². The van der Waals surface area contributed by atoms with Crippen LogP contribution in [0.15, 0.2) is 35.0 Å². The Labute approximate surface area is 113 Å². The molecule has 1 saturated carbocycles. The van der Waals surface area contributed by atoms with Gasteiger partial charge in [0.1, 0.15) is 0 Å². The van der Waals surface area contributed by atoms with Crippen molar-refractivity contribution in [2.24, 2.45) is 0 Å². The topological polar surface area (TPSA) is 52.0 Å². The zero-order valence-electron chi connectivity index (χ0n) is 11.1. The summed E-state index contributed by atoms with van der Waals surface area (Å²) >= 11 is 0. The van der Waals surface area contributed by atoms with Gasteiger partial charge >= 0.3 is 0 Å². The molecule has 0 radical (unpaired) electrons. The lowest BCUT2D eigenvalue weighted by molar-refractivity contribution is 0.436. The highest BCUT2D eigenvalue weighted by atomic mass is 16.5. The molecule has 1 heterocycles. The SMILES string of the molecule is Nc1oncc1-c1ccccc1C1CCCCCC1. The number of rotatable bonds is 2. The van der Waals surface area contributed by atoms with Crippen LogP contribution in [0.25, 0.3) is 11.1 Å². The van der Waals surface area contributed by atoms with E-state index in [1.165, 1.54) is 49.7 Å². The second-order valence-corrected chi connectivity index (χ2v) is 5.38. The highest BCUT2D eigenvalue weighted by Crippen LogP contribution is 2.38. The van der Waals surface area contributed by atoms with E-state index < -0.39 is 0 Å². The minimum Gasteiger partial charge on any atom is -0.367 e. The summed E-state index contributed by atoms with van der Waals surface area (Å²) < 4.78 is 5.01. The van der Waals surface area contributed by atoms with E-state index in [2.05, 4.69) is 29.4 Å². The summed E-state index contributed by atoms with van der Waals surface area (Å²) in [6.07, 6.45) is 9.69. The molecule has 1 aromatic carbocycles. The molecular formula is C16H20N2O. The molecule has 0 atom stereocenters. The fourth-order valence-corrected chi connectivity index (χ4v) is 3.14. The fraction of sp³-hybridized carbons (Fsp3) is 0.438. The summed E-state index contributed by atoms with van der Waals surface area (Å²) in [4.78, 5) is 0. The van der Waals surface area contributed by atoms with Crippen molar-refractivity contribution < 1.29 is 4.52 Å². The predicted molar refractivity (Wildman–Crippen MR) is 76.8 cm³/mol. The van der Waals surface area contributed by atoms with E-state index in [9.17, 15) is 0 Å². The monoisotopic (exact) mass is 256 g/mol. The summed E-state index contributed by atoms with van der Waals surface area (Å²) in [5.74, 6) is 1.06. The van der Waals surface area contributed by atoms with Crippen LogP contribution in [0.4, 0.5) is 5.88 Å². The average Bonchev–Trinajstić information content (AvgIpc) is 2.71. The Balaban J connectivity index is 1.99. The molecule has 100 valence electrons. The van der Waals surface area contributed by atoms with Crippen LogP contribution in [0.3, 0.4) is 0 Å². The quantitative estimate of drug-likeness (QED) is 0.812. The van der Waals surface area contributed by atoms with Gasteiger partial charge in [-0.1, -0.05) is 55.1 Å². The van der Waals surface area contributed by atoms with Crippen LogP contribution in [-0.2, 0) is 0 Å². The van der Waals surface area contributed by atoms with Crippen molar-refractivity contribution >= 4 is 5.88 Å². The van der Waals surface area contributed by atoms with E-state index in [1.807, 2.05) is 0 Å². The first kappa shape index (κ1) is 12.3. The highest BCUT2D eigenvalue weighted by molar-refractivity contribution is 5.75. The standard InChI is InChI=1S/C16H20N2O/c17-16-15(11-18-19-16)14-10-6-5-9-13(14)12-7-3-1-2-4-8-12/h5-6,9-12H,1-4,7-8,17H2. The number of nitrogen functional groups attached to an aromatic ring is 1. The van der Waals surface area contributed by atoms with E-state index >= 15 is 0 Å². The predicted octanol–water partition coefficient (Wildman–Crippen LogP) is 4.36. The van der Waals surface area contributed by atoms with E-state index in [0.717, 1.165) is 5.56 Å². The largest absolute Gasteiger partial charge is 0.367 e. The molecule has 0 amide bonds. The van der Waals surface area contributed by atoms with Gasteiger partial charge < -0.3 is 10.3 Å². The molecule has 2 aromatic rings. The third kappa shape index (κ3) is 2.50. The Morgan fingerprint density at radius 1 is 1.00 bits per heavy atom. The second-order valence-electron chi connectivity index (χ2n) is 5.38. The van der Waals surface area contributed by atoms with Gasteiger partial charge in [0.25, 0.3) is 0 Å². The average molecular weight is 256 g/mol. The molecule has 0 aliphatic heterocycles. The molecule has 2 N–H and O–H groups in total. The van der Waals surface area contributed by atoms with Crippen LogP contribution < -0.4 is 5.73 Å². The molecular weight excluding hydrogens is 236 g/mol. The van der Waals surface area contributed by atoms with Gasteiger partial charge in [-0.05, 0) is 29.9 Å². The van der Waals surface area contributed by atoms with Crippen molar-refractivity contribution in [3.8, 4) is 11.1 Å². The van der Waals surface area contributed by atoms with Crippen LogP contribution in [0.2, 0.25) is 0 Å². The maximum Gasteiger partial charge on any atom is 0.229 e. The number of hydrogen-bond donors (Lipinski definition) is 1. The molecule has 0 unspecified atom stereocenters. The molecule has 3 heteroatoms. The van der Waals surface area contributed by atoms with Crippen LogP contribution in [0, 0.1) is 0 Å². The summed E-state index contributed by atoms with van der Waals surface area (Å²) in [5, 5.41) is 3.80. The van der Waals surface area contributed by atoms with E-state index in [1.54, 1.807) is 6.20 Å². The first-order chi connectivity index (χ1) is 9.36. The van der Waals surface area contributed by atoms with E-state index in [-0.39, 0.29) is 0 Å². The maximum atomic E-state index is 5.87. The summed E-state index contributed by atoms with van der Waals surface area (Å²) in [7, 11) is 0. The molecule has 0 saturated heterocycles. The number of nitrogens with two attached hydrogens (primary N) is 1. The number of nitrogens with zero attached hydrogens (tertiary/aromatic N) is 1. The third-order valence-corrected chi connectivity index (χ3v) is 4.14. The van der Waals surface area contributed by atoms with Crippen LogP contribution in [-0.4, -0.2) is 5.16 Å². The molecule has 1 aromatic heterocycles. The Hall–Kier alpha value is -1.77.